The third kappa shape index (κ3) is 4.29. The molecule has 1 unspecified atom stereocenters. The quantitative estimate of drug-likeness (QED) is 0.186. The first kappa shape index (κ1) is 28.3. The number of benzene rings is 6. The summed E-state index contributed by atoms with van der Waals surface area (Å²) < 4.78 is 15.6. The van der Waals surface area contributed by atoms with Crippen molar-refractivity contribution in [3.05, 3.63) is 156 Å². The first-order valence-electron chi connectivity index (χ1n) is 16.6. The van der Waals surface area contributed by atoms with Gasteiger partial charge in [0, 0.05) is 22.4 Å². The summed E-state index contributed by atoms with van der Waals surface area (Å²) >= 11 is 0. The molecule has 0 spiro atoms. The summed E-state index contributed by atoms with van der Waals surface area (Å²) in [5.74, 6) is 0.184. The van der Waals surface area contributed by atoms with Gasteiger partial charge in [-0.15, -0.1) is 0 Å². The van der Waals surface area contributed by atoms with Crippen molar-refractivity contribution in [1.82, 2.24) is 4.57 Å². The molecule has 1 saturated heterocycles. The number of aromatic nitrogens is 1. The standard InChI is InChI=1S/C43H36BNO2/c1-42(2)43(3,4)47-44(46-42)38-24-23-30(25-34(38)28-15-7-5-8-16-28)45-39-22-14-13-20-32(39)36-26-35-31-19-11-12-21-33(31)41(37(35)27-40(36)45)29-17-9-6-10-18-29/h5-27,41H,1-4H3. The van der Waals surface area contributed by atoms with Crippen LogP contribution in [0.4, 0.5) is 0 Å². The summed E-state index contributed by atoms with van der Waals surface area (Å²) in [6.07, 6.45) is 0. The minimum atomic E-state index is -0.462. The molecule has 1 aromatic heterocycles. The van der Waals surface area contributed by atoms with Crippen LogP contribution in [-0.2, 0) is 9.31 Å². The molecule has 0 N–H and O–H groups in total. The van der Waals surface area contributed by atoms with Crippen LogP contribution in [0.1, 0.15) is 50.3 Å². The number of hydrogen-bond donors (Lipinski definition) is 0. The Morgan fingerprint density at radius 2 is 1.19 bits per heavy atom. The van der Waals surface area contributed by atoms with Crippen LogP contribution in [0.5, 0.6) is 0 Å². The second-order valence-electron chi connectivity index (χ2n) is 14.0. The third-order valence-electron chi connectivity index (χ3n) is 10.7. The van der Waals surface area contributed by atoms with Gasteiger partial charge >= 0.3 is 7.12 Å². The molecule has 2 heterocycles. The highest BCUT2D eigenvalue weighted by molar-refractivity contribution is 6.64. The maximum atomic E-state index is 6.59. The molecule has 7 aromatic rings. The minimum Gasteiger partial charge on any atom is -0.399 e. The van der Waals surface area contributed by atoms with E-state index in [9.17, 15) is 0 Å². The lowest BCUT2D eigenvalue weighted by atomic mass is 9.74. The number of hydrogen-bond acceptors (Lipinski definition) is 2. The van der Waals surface area contributed by atoms with Crippen LogP contribution in [0, 0.1) is 0 Å². The number of para-hydroxylation sites is 1. The maximum absolute atomic E-state index is 6.59. The molecule has 1 atom stereocenters. The van der Waals surface area contributed by atoms with Crippen LogP contribution in [0.15, 0.2) is 140 Å². The average molecular weight is 610 g/mol. The van der Waals surface area contributed by atoms with E-state index in [-0.39, 0.29) is 5.92 Å². The fourth-order valence-electron chi connectivity index (χ4n) is 7.67. The van der Waals surface area contributed by atoms with E-state index in [2.05, 4.69) is 172 Å². The van der Waals surface area contributed by atoms with Gasteiger partial charge < -0.3 is 13.9 Å². The first-order valence-corrected chi connectivity index (χ1v) is 16.6. The second kappa shape index (κ2) is 10.3. The van der Waals surface area contributed by atoms with E-state index in [1.807, 2.05) is 0 Å². The van der Waals surface area contributed by atoms with Gasteiger partial charge in [-0.3, -0.25) is 0 Å². The Hall–Kier alpha value is -4.90. The van der Waals surface area contributed by atoms with Crippen molar-refractivity contribution in [2.24, 2.45) is 0 Å². The van der Waals surface area contributed by atoms with Gasteiger partial charge in [0.2, 0.25) is 0 Å². The molecule has 47 heavy (non-hydrogen) atoms. The smallest absolute Gasteiger partial charge is 0.399 e. The van der Waals surface area contributed by atoms with Crippen LogP contribution in [0.3, 0.4) is 0 Å². The molecule has 9 rings (SSSR count). The molecule has 3 nitrogen and oxygen atoms in total. The Morgan fingerprint density at radius 3 is 1.96 bits per heavy atom. The highest BCUT2D eigenvalue weighted by atomic mass is 16.7. The van der Waals surface area contributed by atoms with Crippen molar-refractivity contribution < 1.29 is 9.31 Å². The molecule has 1 fully saturated rings. The Kier molecular flexibility index (Phi) is 6.21. The molecule has 0 bridgehead atoms. The largest absolute Gasteiger partial charge is 0.495 e. The van der Waals surface area contributed by atoms with Gasteiger partial charge in [-0.25, -0.2) is 0 Å². The average Bonchev–Trinajstić information content (AvgIpc) is 3.67. The molecule has 1 aliphatic carbocycles. The van der Waals surface area contributed by atoms with E-state index in [0.717, 1.165) is 22.3 Å². The Morgan fingerprint density at radius 1 is 0.532 bits per heavy atom. The summed E-state index contributed by atoms with van der Waals surface area (Å²) in [5, 5.41) is 2.52. The molecule has 0 saturated carbocycles. The maximum Gasteiger partial charge on any atom is 0.495 e. The van der Waals surface area contributed by atoms with E-state index in [4.69, 9.17) is 9.31 Å². The molecule has 228 valence electrons. The highest BCUT2D eigenvalue weighted by Gasteiger charge is 2.52. The third-order valence-corrected chi connectivity index (χ3v) is 10.7. The zero-order valence-electron chi connectivity index (χ0n) is 27.2. The summed E-state index contributed by atoms with van der Waals surface area (Å²) in [6, 6.07) is 50.9. The van der Waals surface area contributed by atoms with Gasteiger partial charge in [-0.05, 0) is 102 Å². The zero-order valence-corrected chi connectivity index (χ0v) is 27.2. The molecule has 1 aliphatic heterocycles. The van der Waals surface area contributed by atoms with Crippen LogP contribution < -0.4 is 5.46 Å². The molecule has 6 aromatic carbocycles. The molecule has 0 amide bonds. The van der Waals surface area contributed by atoms with Crippen LogP contribution in [0.25, 0.3) is 49.7 Å². The number of nitrogens with zero attached hydrogens (tertiary/aromatic N) is 1. The topological polar surface area (TPSA) is 23.4 Å². The van der Waals surface area contributed by atoms with Crippen molar-refractivity contribution in [3.63, 3.8) is 0 Å². The second-order valence-corrected chi connectivity index (χ2v) is 14.0. The highest BCUT2D eigenvalue weighted by Crippen LogP contribution is 2.50. The summed E-state index contributed by atoms with van der Waals surface area (Å²) in [6.45, 7) is 8.45. The van der Waals surface area contributed by atoms with Crippen molar-refractivity contribution >= 4 is 34.4 Å². The lowest BCUT2D eigenvalue weighted by molar-refractivity contribution is 0.00578. The fraction of sp³-hybridized carbons (Fsp3) is 0.163. The molecular formula is C43H36BNO2. The lowest BCUT2D eigenvalue weighted by Gasteiger charge is -2.32. The van der Waals surface area contributed by atoms with Crippen molar-refractivity contribution in [2.45, 2.75) is 44.8 Å². The normalized spacial score (nSPS) is 17.7. The monoisotopic (exact) mass is 609 g/mol. The molecule has 0 radical (unpaired) electrons. The van der Waals surface area contributed by atoms with Gasteiger partial charge in [0.15, 0.2) is 0 Å². The Labute approximate surface area is 276 Å². The summed E-state index contributed by atoms with van der Waals surface area (Å²) in [5.41, 5.74) is 12.7. The van der Waals surface area contributed by atoms with Crippen LogP contribution in [-0.4, -0.2) is 22.9 Å². The van der Waals surface area contributed by atoms with Crippen molar-refractivity contribution in [1.29, 1.82) is 0 Å². The van der Waals surface area contributed by atoms with Gasteiger partial charge in [-0.1, -0.05) is 109 Å². The molecule has 4 heteroatoms. The fourth-order valence-corrected chi connectivity index (χ4v) is 7.67. The van der Waals surface area contributed by atoms with Gasteiger partial charge in [0.05, 0.1) is 22.2 Å². The van der Waals surface area contributed by atoms with E-state index in [0.29, 0.717) is 0 Å². The number of fused-ring (bicyclic) bond motifs is 6. The van der Waals surface area contributed by atoms with E-state index < -0.39 is 18.3 Å². The van der Waals surface area contributed by atoms with Crippen molar-refractivity contribution in [2.75, 3.05) is 0 Å². The predicted octanol–water partition coefficient (Wildman–Crippen LogP) is 9.91. The predicted molar refractivity (Wildman–Crippen MR) is 195 cm³/mol. The SMILES string of the molecule is CC1(C)OB(c2ccc(-n3c4ccccc4c4cc5c(cc43)C(c3ccccc3)c3ccccc3-5)cc2-c2ccccc2)OC1(C)C. The number of rotatable bonds is 4. The molecule has 2 aliphatic rings. The van der Waals surface area contributed by atoms with Gasteiger partial charge in [0.25, 0.3) is 0 Å². The van der Waals surface area contributed by atoms with E-state index in [1.54, 1.807) is 0 Å². The Balaban J connectivity index is 1.29. The molecular weight excluding hydrogens is 573 g/mol. The van der Waals surface area contributed by atoms with Crippen LogP contribution in [0.2, 0.25) is 0 Å². The van der Waals surface area contributed by atoms with Gasteiger partial charge in [0.1, 0.15) is 0 Å². The first-order chi connectivity index (χ1) is 22.8. The van der Waals surface area contributed by atoms with Crippen molar-refractivity contribution in [3.8, 4) is 27.9 Å². The zero-order chi connectivity index (χ0) is 31.9. The van der Waals surface area contributed by atoms with Gasteiger partial charge in [-0.2, -0.15) is 0 Å². The minimum absolute atomic E-state index is 0.184. The Bertz CT molecular complexity index is 2300. The van der Waals surface area contributed by atoms with E-state index >= 15 is 0 Å². The van der Waals surface area contributed by atoms with Crippen LogP contribution >= 0.6 is 0 Å². The lowest BCUT2D eigenvalue weighted by Crippen LogP contribution is -2.41. The summed E-state index contributed by atoms with van der Waals surface area (Å²) in [7, 11) is -0.462. The van der Waals surface area contributed by atoms with E-state index in [1.165, 1.54) is 49.6 Å². The summed E-state index contributed by atoms with van der Waals surface area (Å²) in [4.78, 5) is 0.